The van der Waals surface area contributed by atoms with Crippen LogP contribution in [-0.2, 0) is 5.75 Å². The predicted octanol–water partition coefficient (Wildman–Crippen LogP) is 7.67. The molecule has 0 atom stereocenters. The van der Waals surface area contributed by atoms with Crippen LogP contribution in [0.15, 0.2) is 89.2 Å². The molecule has 0 fully saturated rings. The Bertz CT molecular complexity index is 1190. The Hall–Kier alpha value is -3.51. The Balaban J connectivity index is 0.000000367. The number of hydrogen-bond donors (Lipinski definition) is 1. The summed E-state index contributed by atoms with van der Waals surface area (Å²) in [5.41, 5.74) is 4.76. The van der Waals surface area contributed by atoms with E-state index in [1.54, 1.807) is 50.2 Å². The molecule has 0 aliphatic rings. The number of pyridine rings is 1. The van der Waals surface area contributed by atoms with Gasteiger partial charge in [-0.3, -0.25) is 9.78 Å². The second-order valence-electron chi connectivity index (χ2n) is 7.33. The summed E-state index contributed by atoms with van der Waals surface area (Å²) < 4.78 is 10.6. The third-order valence-corrected chi connectivity index (χ3v) is 5.57. The standard InChI is InChI=1S/C16H21NO3S.C12H11N.C2H6/c1-5-9-21-11-13-7-6-8-14(19-3)15(20-4)10-12(2)17-16(13)18;1-10-5-4-6-11(9-10)12-7-2-3-8-13-12;1-2/h5-10H,11H2,1-4H3,(H,17,18);2-9H,1H3;1-2H3/b9-5-;;. The van der Waals surface area contributed by atoms with Crippen molar-refractivity contribution in [1.29, 1.82) is 0 Å². The number of aromatic amines is 1. The van der Waals surface area contributed by atoms with Gasteiger partial charge in [0, 0.05) is 34.8 Å². The highest BCUT2D eigenvalue weighted by Gasteiger charge is 2.01. The lowest BCUT2D eigenvalue weighted by atomic mass is 10.1. The number of thioether (sulfide) groups is 1. The molecular weight excluding hydrogens is 468 g/mol. The van der Waals surface area contributed by atoms with Crippen LogP contribution in [0.4, 0.5) is 0 Å². The van der Waals surface area contributed by atoms with E-state index in [2.05, 4.69) is 41.2 Å². The molecule has 192 valence electrons. The average Bonchev–Trinajstić information content (AvgIpc) is 2.91. The van der Waals surface area contributed by atoms with Crippen molar-refractivity contribution < 1.29 is 9.47 Å². The van der Waals surface area contributed by atoms with E-state index in [-0.39, 0.29) is 5.56 Å². The van der Waals surface area contributed by atoms with Crippen LogP contribution in [0.5, 0.6) is 11.5 Å². The molecule has 6 heteroatoms. The summed E-state index contributed by atoms with van der Waals surface area (Å²) >= 11 is 1.57. The van der Waals surface area contributed by atoms with Crippen LogP contribution in [0.25, 0.3) is 11.3 Å². The van der Waals surface area contributed by atoms with Gasteiger partial charge in [0.2, 0.25) is 0 Å². The Morgan fingerprint density at radius 2 is 1.64 bits per heavy atom. The number of allylic oxidation sites excluding steroid dienone is 1. The first-order chi connectivity index (χ1) is 17.5. The maximum atomic E-state index is 12.2. The zero-order valence-electron chi connectivity index (χ0n) is 22.4. The molecular formula is C30H38N2O3S. The number of methoxy groups -OCH3 is 2. The fraction of sp³-hybridized carbons (Fsp3) is 0.267. The van der Waals surface area contributed by atoms with E-state index in [4.69, 9.17) is 9.47 Å². The summed E-state index contributed by atoms with van der Waals surface area (Å²) in [6.07, 6.45) is 3.76. The molecule has 0 amide bonds. The van der Waals surface area contributed by atoms with Gasteiger partial charge in [0.15, 0.2) is 11.5 Å². The van der Waals surface area contributed by atoms with Crippen LogP contribution >= 0.6 is 11.8 Å². The number of benzene rings is 1. The monoisotopic (exact) mass is 506 g/mol. The van der Waals surface area contributed by atoms with Gasteiger partial charge in [0.05, 0.1) is 19.9 Å². The van der Waals surface area contributed by atoms with E-state index in [0.29, 0.717) is 28.5 Å². The molecule has 36 heavy (non-hydrogen) atoms. The highest BCUT2D eigenvalue weighted by Crippen LogP contribution is 2.24. The summed E-state index contributed by atoms with van der Waals surface area (Å²) in [7, 11) is 3.15. The van der Waals surface area contributed by atoms with Gasteiger partial charge < -0.3 is 14.5 Å². The Kier molecular flexibility index (Phi) is 15.1. The van der Waals surface area contributed by atoms with Crippen molar-refractivity contribution in [2.75, 3.05) is 14.2 Å². The Labute approximate surface area is 220 Å². The fourth-order valence-corrected chi connectivity index (χ4v) is 3.68. The molecule has 0 saturated heterocycles. The molecule has 0 bridgehead atoms. The highest BCUT2D eigenvalue weighted by molar-refractivity contribution is 8.01. The molecule has 0 radical (unpaired) electrons. The normalized spacial score (nSPS) is 9.75. The lowest BCUT2D eigenvalue weighted by Crippen LogP contribution is -2.09. The highest BCUT2D eigenvalue weighted by atomic mass is 32.2. The summed E-state index contributed by atoms with van der Waals surface area (Å²) in [4.78, 5) is 19.3. The molecule has 3 aromatic rings. The van der Waals surface area contributed by atoms with E-state index in [9.17, 15) is 4.79 Å². The van der Waals surface area contributed by atoms with Gasteiger partial charge in [0.1, 0.15) is 0 Å². The van der Waals surface area contributed by atoms with E-state index in [1.807, 2.05) is 63.6 Å². The molecule has 0 saturated carbocycles. The molecule has 3 rings (SSSR count). The minimum atomic E-state index is -0.110. The van der Waals surface area contributed by atoms with E-state index in [1.165, 1.54) is 11.1 Å². The largest absolute Gasteiger partial charge is 0.493 e. The first-order valence-corrected chi connectivity index (χ1v) is 12.9. The first kappa shape index (κ1) is 30.5. The number of ether oxygens (including phenoxy) is 2. The summed E-state index contributed by atoms with van der Waals surface area (Å²) in [6, 6.07) is 21.4. The van der Waals surface area contributed by atoms with Crippen LogP contribution in [-0.4, -0.2) is 24.2 Å². The van der Waals surface area contributed by atoms with Gasteiger partial charge >= 0.3 is 0 Å². The zero-order chi connectivity index (χ0) is 26.8. The second-order valence-corrected chi connectivity index (χ2v) is 8.23. The van der Waals surface area contributed by atoms with Crippen molar-refractivity contribution in [3.63, 3.8) is 0 Å². The molecule has 0 unspecified atom stereocenters. The van der Waals surface area contributed by atoms with Crippen molar-refractivity contribution >= 4 is 11.8 Å². The number of aryl methyl sites for hydroxylation is 2. The quantitative estimate of drug-likeness (QED) is 0.371. The molecule has 0 aliphatic heterocycles. The van der Waals surface area contributed by atoms with Gasteiger partial charge in [-0.25, -0.2) is 0 Å². The third-order valence-electron chi connectivity index (χ3n) is 4.63. The van der Waals surface area contributed by atoms with Crippen LogP contribution in [0.3, 0.4) is 0 Å². The number of H-pyrrole nitrogens is 1. The van der Waals surface area contributed by atoms with Gasteiger partial charge in [0.25, 0.3) is 5.56 Å². The molecule has 5 nitrogen and oxygen atoms in total. The minimum absolute atomic E-state index is 0.110. The second kappa shape index (κ2) is 17.9. The first-order valence-electron chi connectivity index (χ1n) is 11.9. The van der Waals surface area contributed by atoms with Crippen LogP contribution in [0.2, 0.25) is 0 Å². The summed E-state index contributed by atoms with van der Waals surface area (Å²) in [5, 5.41) is 1.96. The summed E-state index contributed by atoms with van der Waals surface area (Å²) in [6.45, 7) is 9.85. The van der Waals surface area contributed by atoms with Gasteiger partial charge in [-0.15, -0.1) is 11.8 Å². The van der Waals surface area contributed by atoms with Crippen LogP contribution < -0.4 is 15.0 Å². The maximum absolute atomic E-state index is 12.2. The van der Waals surface area contributed by atoms with Gasteiger partial charge in [-0.1, -0.05) is 61.9 Å². The molecule has 2 heterocycles. The molecule has 0 aliphatic carbocycles. The molecule has 0 spiro atoms. The van der Waals surface area contributed by atoms with Crippen molar-refractivity contribution in [1.82, 2.24) is 9.97 Å². The smallest absolute Gasteiger partial charge is 0.252 e. The SMILES string of the molecule is C/C=C\SCc1cccc(OC)c(OC)cc(C)[nH]c1=O.CC.Cc1cccc(-c2ccccn2)c1. The lowest BCUT2D eigenvalue weighted by molar-refractivity contribution is 0.355. The lowest BCUT2D eigenvalue weighted by Gasteiger charge is -2.05. The predicted molar refractivity (Wildman–Crippen MR) is 154 cm³/mol. The van der Waals surface area contributed by atoms with Crippen molar-refractivity contribution in [3.05, 3.63) is 112 Å². The van der Waals surface area contributed by atoms with E-state index in [0.717, 1.165) is 5.69 Å². The number of rotatable bonds is 6. The maximum Gasteiger partial charge on any atom is 0.252 e. The van der Waals surface area contributed by atoms with Crippen LogP contribution in [0.1, 0.15) is 37.6 Å². The van der Waals surface area contributed by atoms with E-state index < -0.39 is 0 Å². The van der Waals surface area contributed by atoms with Crippen molar-refractivity contribution in [2.45, 2.75) is 40.4 Å². The molecule has 1 N–H and O–H groups in total. The molecule has 1 aromatic carbocycles. The van der Waals surface area contributed by atoms with E-state index >= 15 is 0 Å². The average molecular weight is 507 g/mol. The Morgan fingerprint density at radius 1 is 0.917 bits per heavy atom. The van der Waals surface area contributed by atoms with Gasteiger partial charge in [-0.2, -0.15) is 0 Å². The van der Waals surface area contributed by atoms with Crippen LogP contribution in [0, 0.1) is 13.8 Å². The van der Waals surface area contributed by atoms with Crippen molar-refractivity contribution in [3.8, 4) is 22.8 Å². The minimum Gasteiger partial charge on any atom is -0.493 e. The topological polar surface area (TPSA) is 64.2 Å². The number of aromatic nitrogens is 2. The van der Waals surface area contributed by atoms with Crippen molar-refractivity contribution in [2.24, 2.45) is 0 Å². The Morgan fingerprint density at radius 3 is 2.25 bits per heavy atom. The number of hydrogen-bond acceptors (Lipinski definition) is 5. The fourth-order valence-electron chi connectivity index (χ4n) is 2.99. The third kappa shape index (κ3) is 10.8. The summed E-state index contributed by atoms with van der Waals surface area (Å²) in [5.74, 6) is 1.77. The number of nitrogens with one attached hydrogen (secondary N) is 1. The number of nitrogens with zero attached hydrogens (tertiary/aromatic N) is 1. The van der Waals surface area contributed by atoms with Gasteiger partial charge in [-0.05, 0) is 50.4 Å². The molecule has 2 aromatic heterocycles. The zero-order valence-corrected chi connectivity index (χ0v) is 23.2.